The number of ether oxygens (including phenoxy) is 1. The first-order chi connectivity index (χ1) is 20.7. The largest absolute Gasteiger partial charge is 0.465 e. The van der Waals surface area contributed by atoms with Crippen LogP contribution in [0.5, 0.6) is 0 Å². The molecule has 12 nitrogen and oxygen atoms in total. The van der Waals surface area contributed by atoms with Gasteiger partial charge in [-0.3, -0.25) is 14.2 Å². The second-order valence-corrected chi connectivity index (χ2v) is 10.2. The van der Waals surface area contributed by atoms with Crippen molar-refractivity contribution in [3.05, 3.63) is 98.2 Å². The molecule has 0 unspecified atom stereocenters. The highest BCUT2D eigenvalue weighted by Crippen LogP contribution is 2.35. The number of nitrogens with one attached hydrogen (secondary N) is 2. The minimum absolute atomic E-state index is 0.0674. The maximum atomic E-state index is 14.6. The lowest BCUT2D eigenvalue weighted by Gasteiger charge is -2.16. The van der Waals surface area contributed by atoms with Crippen LogP contribution in [0.4, 0.5) is 4.39 Å². The van der Waals surface area contributed by atoms with Crippen LogP contribution in [0.25, 0.3) is 16.7 Å². The number of nitrogens with zero attached hydrogens (tertiary/aromatic N) is 4. The highest BCUT2D eigenvalue weighted by atomic mass is 19.1. The van der Waals surface area contributed by atoms with Crippen LogP contribution in [0.3, 0.4) is 0 Å². The number of methoxy groups -OCH3 is 1. The maximum Gasteiger partial charge on any atom is 0.419 e. The molecule has 6 rings (SSSR count). The van der Waals surface area contributed by atoms with Gasteiger partial charge in [0.15, 0.2) is 17.0 Å². The molecule has 1 aliphatic carbocycles. The van der Waals surface area contributed by atoms with E-state index in [1.165, 1.54) is 17.7 Å². The number of hydrogen-bond donors (Lipinski definition) is 2. The molecule has 0 saturated heterocycles. The van der Waals surface area contributed by atoms with E-state index in [4.69, 9.17) is 9.15 Å². The van der Waals surface area contributed by atoms with Gasteiger partial charge in [-0.15, -0.1) is 0 Å². The Morgan fingerprint density at radius 2 is 1.98 bits per heavy atom. The summed E-state index contributed by atoms with van der Waals surface area (Å²) >= 11 is 0. The van der Waals surface area contributed by atoms with Gasteiger partial charge in [0.05, 0.1) is 30.4 Å². The molecular weight excluding hydrogens is 559 g/mol. The molecule has 0 radical (unpaired) electrons. The molecule has 0 saturated carbocycles. The van der Waals surface area contributed by atoms with E-state index in [1.54, 1.807) is 30.3 Å². The molecular formula is C30H27FN6O6. The number of oxazole rings is 1. The van der Waals surface area contributed by atoms with Gasteiger partial charge < -0.3 is 19.8 Å². The molecule has 0 aliphatic heterocycles. The number of amides is 2. The zero-order valence-electron chi connectivity index (χ0n) is 23.6. The topological polar surface area (TPSA) is 150 Å². The Morgan fingerprint density at radius 3 is 2.74 bits per heavy atom. The zero-order valence-corrected chi connectivity index (χ0v) is 23.6. The van der Waals surface area contributed by atoms with Gasteiger partial charge in [0.1, 0.15) is 11.4 Å². The number of fused-ring (bicyclic) bond motifs is 3. The molecule has 43 heavy (non-hydrogen) atoms. The predicted molar refractivity (Wildman–Crippen MR) is 151 cm³/mol. The summed E-state index contributed by atoms with van der Waals surface area (Å²) in [5.74, 6) is -2.88. The third kappa shape index (κ3) is 4.82. The van der Waals surface area contributed by atoms with Crippen LogP contribution in [0, 0.1) is 12.7 Å². The highest BCUT2D eigenvalue weighted by Gasteiger charge is 2.29. The quantitative estimate of drug-likeness (QED) is 0.276. The third-order valence-electron chi connectivity index (χ3n) is 7.80. The van der Waals surface area contributed by atoms with Crippen molar-refractivity contribution in [2.24, 2.45) is 0 Å². The Morgan fingerprint density at radius 1 is 1.16 bits per heavy atom. The summed E-state index contributed by atoms with van der Waals surface area (Å²) < 4.78 is 27.2. The van der Waals surface area contributed by atoms with Crippen molar-refractivity contribution in [1.82, 2.24) is 29.8 Å². The van der Waals surface area contributed by atoms with Gasteiger partial charge in [-0.1, -0.05) is 12.1 Å². The van der Waals surface area contributed by atoms with E-state index in [0.717, 1.165) is 27.4 Å². The van der Waals surface area contributed by atoms with Crippen LogP contribution in [0.2, 0.25) is 0 Å². The Labute approximate surface area is 243 Å². The molecule has 220 valence electrons. The molecule has 2 aromatic carbocycles. The molecule has 2 amide bonds. The second-order valence-electron chi connectivity index (χ2n) is 10.2. The van der Waals surface area contributed by atoms with E-state index in [0.29, 0.717) is 41.6 Å². The first kappa shape index (κ1) is 27.8. The van der Waals surface area contributed by atoms with Gasteiger partial charge in [0.25, 0.3) is 11.8 Å². The van der Waals surface area contributed by atoms with E-state index >= 15 is 0 Å². The summed E-state index contributed by atoms with van der Waals surface area (Å²) in [6.45, 7) is 4.17. The van der Waals surface area contributed by atoms with Crippen molar-refractivity contribution in [3.8, 4) is 0 Å². The first-order valence-electron chi connectivity index (χ1n) is 13.7. The molecule has 1 aliphatic rings. The van der Waals surface area contributed by atoms with Crippen molar-refractivity contribution in [2.75, 3.05) is 7.11 Å². The van der Waals surface area contributed by atoms with Crippen LogP contribution in [-0.4, -0.2) is 44.1 Å². The number of rotatable bonds is 7. The molecule has 2 N–H and O–H groups in total. The van der Waals surface area contributed by atoms with Gasteiger partial charge in [-0.05, 0) is 67.1 Å². The number of aromatic nitrogens is 4. The molecule has 3 aromatic heterocycles. The fourth-order valence-corrected chi connectivity index (χ4v) is 5.60. The fourth-order valence-electron chi connectivity index (χ4n) is 5.60. The number of benzene rings is 2. The molecule has 1 atom stereocenters. The molecule has 5 aromatic rings. The van der Waals surface area contributed by atoms with E-state index in [-0.39, 0.29) is 29.6 Å². The number of carbonyl (C=O) groups excluding carboxylic acids is 3. The van der Waals surface area contributed by atoms with Gasteiger partial charge in [0.2, 0.25) is 0 Å². The number of hydrogen-bond acceptors (Lipinski definition) is 8. The number of esters is 1. The lowest BCUT2D eigenvalue weighted by molar-refractivity contribution is 0.0599. The van der Waals surface area contributed by atoms with Gasteiger partial charge in [0, 0.05) is 19.2 Å². The fraction of sp³-hybridized carbons (Fsp3) is 0.267. The molecule has 0 fully saturated rings. The smallest absolute Gasteiger partial charge is 0.419 e. The number of aryl methyl sites for hydroxylation is 1. The molecule has 3 heterocycles. The van der Waals surface area contributed by atoms with E-state index in [9.17, 15) is 23.6 Å². The Bertz CT molecular complexity index is 2010. The lowest BCUT2D eigenvalue weighted by Crippen LogP contribution is -2.30. The van der Waals surface area contributed by atoms with Crippen molar-refractivity contribution in [2.45, 2.75) is 45.8 Å². The average molecular weight is 587 g/mol. The Hall–Kier alpha value is -5.33. The van der Waals surface area contributed by atoms with Gasteiger partial charge in [-0.2, -0.15) is 5.10 Å². The lowest BCUT2D eigenvalue weighted by atomic mass is 9.98. The minimum Gasteiger partial charge on any atom is -0.465 e. The molecule has 0 bridgehead atoms. The van der Waals surface area contributed by atoms with Crippen LogP contribution in [0.15, 0.2) is 51.8 Å². The molecule has 13 heteroatoms. The predicted octanol–water partition coefficient (Wildman–Crippen LogP) is 3.24. The van der Waals surface area contributed by atoms with Crippen LogP contribution >= 0.6 is 0 Å². The zero-order chi connectivity index (χ0) is 30.4. The standard InChI is InChI=1S/C30H27FN6O6/c1-4-36-23-11-16(5-10-25(23)43-30(36)41)13-32-27(38)22-12-24(37-26(34-22)20(31)14-33-37)28(39)35-21-9-8-17-15(2)18(29(40)42-3)6-7-19(17)21/h5-7,10-12,14,21H,4,8-9,13H2,1-3H3,(H,32,38)(H,35,39)/t21-/m0/s1. The van der Waals surface area contributed by atoms with E-state index < -0.39 is 29.4 Å². The SMILES string of the molecule is CCn1c(=O)oc2ccc(CNC(=O)c3cc(C(=O)N[C@H]4CCc5c4ccc(C(=O)OC)c5C)n4ncc(F)c4n3)cc21. The van der Waals surface area contributed by atoms with Crippen molar-refractivity contribution in [1.29, 1.82) is 0 Å². The van der Waals surface area contributed by atoms with Gasteiger partial charge in [-0.25, -0.2) is 23.5 Å². The van der Waals surface area contributed by atoms with Crippen LogP contribution in [0.1, 0.15) is 73.0 Å². The van der Waals surface area contributed by atoms with Crippen LogP contribution in [-0.2, 0) is 24.2 Å². The Kier molecular flexibility index (Phi) is 7.00. The summed E-state index contributed by atoms with van der Waals surface area (Å²) in [5.41, 5.74) is 4.33. The third-order valence-corrected chi connectivity index (χ3v) is 7.80. The maximum absolute atomic E-state index is 14.6. The van der Waals surface area contributed by atoms with E-state index in [1.807, 2.05) is 13.8 Å². The van der Waals surface area contributed by atoms with Crippen molar-refractivity contribution in [3.63, 3.8) is 0 Å². The summed E-state index contributed by atoms with van der Waals surface area (Å²) in [4.78, 5) is 54.9. The Balaban J connectivity index is 1.25. The normalized spacial score (nSPS) is 14.2. The van der Waals surface area contributed by atoms with Crippen LogP contribution < -0.4 is 16.4 Å². The second kappa shape index (κ2) is 10.8. The first-order valence-corrected chi connectivity index (χ1v) is 13.7. The van der Waals surface area contributed by atoms with Crippen molar-refractivity contribution >= 4 is 34.5 Å². The number of carbonyl (C=O) groups is 3. The van der Waals surface area contributed by atoms with Crippen molar-refractivity contribution < 1.29 is 27.9 Å². The summed E-state index contributed by atoms with van der Waals surface area (Å²) in [5, 5.41) is 9.65. The molecule has 0 spiro atoms. The minimum atomic E-state index is -0.788. The summed E-state index contributed by atoms with van der Waals surface area (Å²) in [6.07, 6.45) is 2.16. The summed E-state index contributed by atoms with van der Waals surface area (Å²) in [6, 6.07) is 9.47. The van der Waals surface area contributed by atoms with Gasteiger partial charge >= 0.3 is 11.7 Å². The monoisotopic (exact) mass is 586 g/mol. The average Bonchev–Trinajstić information content (AvgIpc) is 3.69. The van der Waals surface area contributed by atoms with E-state index in [2.05, 4.69) is 20.7 Å². The number of halogens is 1. The summed E-state index contributed by atoms with van der Waals surface area (Å²) in [7, 11) is 1.33. The highest BCUT2D eigenvalue weighted by molar-refractivity contribution is 5.98.